The maximum atomic E-state index is 14.1. The van der Waals surface area contributed by atoms with Crippen LogP contribution < -0.4 is 29.1 Å². The van der Waals surface area contributed by atoms with E-state index in [1.165, 1.54) is 17.9 Å². The number of methoxy groups -OCH3 is 1. The lowest BCUT2D eigenvalue weighted by molar-refractivity contribution is -0.136. The van der Waals surface area contributed by atoms with Crippen LogP contribution in [0.1, 0.15) is 36.6 Å². The van der Waals surface area contributed by atoms with Crippen molar-refractivity contribution in [1.82, 2.24) is 4.57 Å². The van der Waals surface area contributed by atoms with Crippen molar-refractivity contribution in [3.8, 4) is 17.2 Å². The van der Waals surface area contributed by atoms with Crippen LogP contribution in [0.15, 0.2) is 70.1 Å². The second-order valence-electron chi connectivity index (χ2n) is 9.59. The minimum Gasteiger partial charge on any atom is -0.490 e. The highest BCUT2D eigenvalue weighted by atomic mass is 35.5. The molecule has 4 aromatic rings. The van der Waals surface area contributed by atoms with Gasteiger partial charge in [0.25, 0.3) is 5.56 Å². The summed E-state index contributed by atoms with van der Waals surface area (Å²) in [7, 11) is 1.28. The molecule has 8 nitrogen and oxygen atoms in total. The van der Waals surface area contributed by atoms with Crippen molar-refractivity contribution in [1.29, 1.82) is 0 Å². The normalized spacial score (nSPS) is 14.3. The number of carbonyl (C=O) groups excluding carboxylic acids is 1. The molecule has 13 heteroatoms. The molecule has 0 N–H and O–H groups in total. The van der Waals surface area contributed by atoms with Crippen LogP contribution in [0.3, 0.4) is 0 Å². The van der Waals surface area contributed by atoms with Crippen LogP contribution in [0.2, 0.25) is 20.1 Å². The van der Waals surface area contributed by atoms with E-state index >= 15 is 0 Å². The molecule has 0 bridgehead atoms. The topological polar surface area (TPSA) is 88.4 Å². The van der Waals surface area contributed by atoms with Crippen molar-refractivity contribution >= 4 is 69.8 Å². The molecular weight excluding hydrogens is 682 g/mol. The molecule has 45 heavy (non-hydrogen) atoms. The number of ether oxygens (including phenoxy) is 4. The van der Waals surface area contributed by atoms with E-state index in [0.717, 1.165) is 16.9 Å². The van der Waals surface area contributed by atoms with E-state index in [-0.39, 0.29) is 17.2 Å². The van der Waals surface area contributed by atoms with Gasteiger partial charge in [0, 0.05) is 16.8 Å². The lowest BCUT2D eigenvalue weighted by atomic mass is 9.97. The molecule has 0 aliphatic carbocycles. The van der Waals surface area contributed by atoms with Gasteiger partial charge in [-0.05, 0) is 67.4 Å². The fourth-order valence-electron chi connectivity index (χ4n) is 4.75. The number of halogens is 4. The quantitative estimate of drug-likeness (QED) is 0.165. The third-order valence-corrected chi connectivity index (χ3v) is 8.93. The zero-order chi connectivity index (χ0) is 32.2. The first-order valence-electron chi connectivity index (χ1n) is 13.7. The Bertz CT molecular complexity index is 1990. The molecule has 234 valence electrons. The number of hydrogen-bond donors (Lipinski definition) is 0. The highest BCUT2D eigenvalue weighted by Gasteiger charge is 2.31. The van der Waals surface area contributed by atoms with E-state index in [1.54, 1.807) is 54.6 Å². The van der Waals surface area contributed by atoms with Crippen LogP contribution in [0.5, 0.6) is 17.2 Å². The standard InChI is InChI=1S/C32H26Cl4N2O6S/c1-4-42-25-9-7-18(12-26(25)43-5-2)28-21(31(40)41-3)15-37-32-38(28)30(39)27(45-32)13-19-11-20(33)14-24(36)29(19)44-16-17-6-8-22(34)23(35)10-17/h6-15,28H,4-5,16H2,1-3H3/b27-13+/t28-/m1/s1. The summed E-state index contributed by atoms with van der Waals surface area (Å²) in [6, 6.07) is 12.8. The molecule has 1 atom stereocenters. The molecule has 0 saturated carbocycles. The van der Waals surface area contributed by atoms with Crippen LogP contribution in [-0.2, 0) is 16.1 Å². The van der Waals surface area contributed by atoms with Gasteiger partial charge in [-0.3, -0.25) is 9.36 Å². The van der Waals surface area contributed by atoms with Gasteiger partial charge in [0.2, 0.25) is 0 Å². The predicted molar refractivity (Wildman–Crippen MR) is 177 cm³/mol. The molecule has 1 aliphatic rings. The largest absolute Gasteiger partial charge is 0.490 e. The predicted octanol–water partition coefficient (Wildman–Crippen LogP) is 7.01. The second kappa shape index (κ2) is 14.3. The smallest absolute Gasteiger partial charge is 0.337 e. The van der Waals surface area contributed by atoms with Gasteiger partial charge < -0.3 is 18.9 Å². The van der Waals surface area contributed by atoms with Crippen LogP contribution in [-0.4, -0.2) is 30.9 Å². The maximum Gasteiger partial charge on any atom is 0.337 e. The van der Waals surface area contributed by atoms with E-state index in [9.17, 15) is 9.59 Å². The highest BCUT2D eigenvalue weighted by molar-refractivity contribution is 7.07. The third-order valence-electron chi connectivity index (χ3n) is 6.70. The Labute approximate surface area is 282 Å². The zero-order valence-corrected chi connectivity index (χ0v) is 28.1. The number of esters is 1. The van der Waals surface area contributed by atoms with Crippen molar-refractivity contribution < 1.29 is 23.7 Å². The van der Waals surface area contributed by atoms with Gasteiger partial charge in [-0.15, -0.1) is 0 Å². The maximum absolute atomic E-state index is 14.1. The Morgan fingerprint density at radius 1 is 0.933 bits per heavy atom. The van der Waals surface area contributed by atoms with Crippen LogP contribution in [0.4, 0.5) is 0 Å². The number of rotatable bonds is 10. The van der Waals surface area contributed by atoms with Gasteiger partial charge in [-0.1, -0.05) is 69.9 Å². The number of fused-ring (bicyclic) bond motifs is 1. The minimum atomic E-state index is -0.848. The summed E-state index contributed by atoms with van der Waals surface area (Å²) < 4.78 is 24.4. The lowest BCUT2D eigenvalue weighted by Crippen LogP contribution is -2.39. The van der Waals surface area contributed by atoms with Crippen molar-refractivity contribution in [3.05, 3.63) is 117 Å². The zero-order valence-electron chi connectivity index (χ0n) is 24.2. The average molecular weight is 708 g/mol. The van der Waals surface area contributed by atoms with Crippen molar-refractivity contribution in [2.24, 2.45) is 4.99 Å². The van der Waals surface area contributed by atoms with Gasteiger partial charge in [0.05, 0.1) is 51.5 Å². The van der Waals surface area contributed by atoms with Gasteiger partial charge in [0.1, 0.15) is 12.4 Å². The third kappa shape index (κ3) is 7.03. The molecule has 0 fully saturated rings. The molecule has 0 saturated heterocycles. The molecule has 0 unspecified atom stereocenters. The van der Waals surface area contributed by atoms with E-state index in [1.807, 2.05) is 13.8 Å². The van der Waals surface area contributed by atoms with E-state index in [0.29, 0.717) is 66.0 Å². The highest BCUT2D eigenvalue weighted by Crippen LogP contribution is 2.36. The minimum absolute atomic E-state index is 0.128. The molecule has 1 aromatic heterocycles. The van der Waals surface area contributed by atoms with Gasteiger partial charge in [0.15, 0.2) is 16.3 Å². The number of carbonyl (C=O) groups is 1. The number of nitrogens with zero attached hydrogens (tertiary/aromatic N) is 2. The monoisotopic (exact) mass is 706 g/mol. The number of thiazole rings is 1. The van der Waals surface area contributed by atoms with Crippen LogP contribution in [0, 0.1) is 0 Å². The van der Waals surface area contributed by atoms with Crippen molar-refractivity contribution in [2.75, 3.05) is 20.3 Å². The fraction of sp³-hybridized carbons (Fsp3) is 0.219. The first-order chi connectivity index (χ1) is 21.6. The van der Waals surface area contributed by atoms with Crippen molar-refractivity contribution in [2.45, 2.75) is 26.5 Å². The summed E-state index contributed by atoms with van der Waals surface area (Å²) in [5.41, 5.74) is 1.63. The Morgan fingerprint density at radius 2 is 1.69 bits per heavy atom. The average Bonchev–Trinajstić information content (AvgIpc) is 3.33. The van der Waals surface area contributed by atoms with Crippen LogP contribution in [0.25, 0.3) is 6.08 Å². The van der Waals surface area contributed by atoms with Gasteiger partial charge in [-0.25, -0.2) is 9.79 Å². The van der Waals surface area contributed by atoms with Crippen molar-refractivity contribution in [3.63, 3.8) is 0 Å². The number of aromatic nitrogens is 1. The lowest BCUT2D eigenvalue weighted by Gasteiger charge is -2.23. The molecule has 2 heterocycles. The summed E-state index contributed by atoms with van der Waals surface area (Å²) in [6.07, 6.45) is 3.05. The Balaban J connectivity index is 1.62. The number of hydrogen-bond acceptors (Lipinski definition) is 8. The molecule has 0 spiro atoms. The summed E-state index contributed by atoms with van der Waals surface area (Å²) >= 11 is 26.3. The molecular formula is C32H26Cl4N2O6S. The van der Waals surface area contributed by atoms with E-state index in [4.69, 9.17) is 65.4 Å². The molecule has 5 rings (SSSR count). The first kappa shape index (κ1) is 32.9. The van der Waals surface area contributed by atoms with Crippen LogP contribution >= 0.6 is 57.7 Å². The van der Waals surface area contributed by atoms with E-state index in [2.05, 4.69) is 4.99 Å². The second-order valence-corrected chi connectivity index (χ2v) is 12.3. The van der Waals surface area contributed by atoms with Gasteiger partial charge in [-0.2, -0.15) is 0 Å². The molecule has 1 aliphatic heterocycles. The first-order valence-corrected chi connectivity index (χ1v) is 16.0. The van der Waals surface area contributed by atoms with E-state index < -0.39 is 17.6 Å². The fourth-order valence-corrected chi connectivity index (χ4v) is 6.60. The Hall–Kier alpha value is -3.47. The summed E-state index contributed by atoms with van der Waals surface area (Å²) in [6.45, 7) is 4.69. The summed E-state index contributed by atoms with van der Waals surface area (Å²) in [5.74, 6) is 0.727. The Morgan fingerprint density at radius 3 is 2.40 bits per heavy atom. The molecule has 0 amide bonds. The Kier molecular flexibility index (Phi) is 10.5. The van der Waals surface area contributed by atoms with Gasteiger partial charge >= 0.3 is 5.97 Å². The molecule has 0 radical (unpaired) electrons. The summed E-state index contributed by atoms with van der Waals surface area (Å²) in [5, 5.41) is 1.42. The summed E-state index contributed by atoms with van der Waals surface area (Å²) in [4.78, 5) is 31.8. The SMILES string of the molecule is CCOc1ccc([C@@H]2C(C(=O)OC)=CN=c3s/c(=C/c4cc(Cl)cc(Cl)c4OCc4ccc(Cl)c(Cl)c4)c(=O)n32)cc1OCC. The number of benzene rings is 3. The molecule has 3 aromatic carbocycles.